The lowest BCUT2D eigenvalue weighted by molar-refractivity contribution is 0.625. The van der Waals surface area contributed by atoms with Gasteiger partial charge in [-0.15, -0.1) is 10.2 Å². The summed E-state index contributed by atoms with van der Waals surface area (Å²) in [5, 5.41) is 17.9. The van der Waals surface area contributed by atoms with E-state index in [1.54, 1.807) is 0 Å². The molecule has 1 heterocycles. The first-order valence-electron chi connectivity index (χ1n) is 5.50. The van der Waals surface area contributed by atoms with Crippen molar-refractivity contribution in [3.05, 3.63) is 5.82 Å². The van der Waals surface area contributed by atoms with Crippen molar-refractivity contribution in [2.45, 2.75) is 49.2 Å². The summed E-state index contributed by atoms with van der Waals surface area (Å²) in [5.41, 5.74) is 5.63. The molecule has 1 aliphatic carbocycles. The highest BCUT2D eigenvalue weighted by molar-refractivity contribution is 8.00. The number of hydrogen-bond donors (Lipinski definition) is 1. The first-order valence-corrected chi connectivity index (χ1v) is 6.38. The summed E-state index contributed by atoms with van der Waals surface area (Å²) >= 11 is 1.49. The molecular formula is C10H15N5S. The molecule has 0 spiro atoms. The highest BCUT2D eigenvalue weighted by Crippen LogP contribution is 2.39. The Morgan fingerprint density at radius 3 is 2.88 bits per heavy atom. The van der Waals surface area contributed by atoms with E-state index in [-0.39, 0.29) is 5.25 Å². The summed E-state index contributed by atoms with van der Waals surface area (Å²) in [6.07, 6.45) is 3.15. The van der Waals surface area contributed by atoms with E-state index in [1.807, 2.05) is 6.92 Å². The van der Waals surface area contributed by atoms with Gasteiger partial charge in [-0.3, -0.25) is 0 Å². The van der Waals surface area contributed by atoms with Gasteiger partial charge in [0.2, 0.25) is 0 Å². The maximum Gasteiger partial charge on any atom is 0.192 e. The zero-order valence-electron chi connectivity index (χ0n) is 9.26. The number of aromatic nitrogens is 3. The number of thioether (sulfide) groups is 1. The van der Waals surface area contributed by atoms with Crippen LogP contribution in [0.4, 0.5) is 0 Å². The van der Waals surface area contributed by atoms with Gasteiger partial charge >= 0.3 is 0 Å². The summed E-state index contributed by atoms with van der Waals surface area (Å²) < 4.78 is 2.10. The Balaban J connectivity index is 2.20. The number of nitrogens with two attached hydrogens (primary N) is 1. The molecule has 6 heteroatoms. The fourth-order valence-corrected chi connectivity index (χ4v) is 2.48. The van der Waals surface area contributed by atoms with Crippen LogP contribution in [0.5, 0.6) is 0 Å². The molecule has 0 radical (unpaired) electrons. The Kier molecular flexibility index (Phi) is 3.46. The summed E-state index contributed by atoms with van der Waals surface area (Å²) in [5.74, 6) is 0.831. The molecule has 0 saturated heterocycles. The van der Waals surface area contributed by atoms with Crippen LogP contribution >= 0.6 is 11.8 Å². The largest absolute Gasteiger partial charge is 0.324 e. The van der Waals surface area contributed by atoms with Gasteiger partial charge in [-0.1, -0.05) is 18.7 Å². The molecule has 1 atom stereocenters. The summed E-state index contributed by atoms with van der Waals surface area (Å²) in [6.45, 7) is 2.41. The molecule has 0 aliphatic heterocycles. The molecule has 0 bridgehead atoms. The van der Waals surface area contributed by atoms with Gasteiger partial charge in [0, 0.05) is 6.04 Å². The first-order chi connectivity index (χ1) is 7.80. The summed E-state index contributed by atoms with van der Waals surface area (Å²) in [6, 6.07) is 2.77. The molecule has 2 rings (SSSR count). The molecule has 1 unspecified atom stereocenters. The Morgan fingerprint density at radius 1 is 1.62 bits per heavy atom. The van der Waals surface area contributed by atoms with Crippen LogP contribution in [0.1, 0.15) is 38.1 Å². The first kappa shape index (κ1) is 11.4. The van der Waals surface area contributed by atoms with Gasteiger partial charge < -0.3 is 10.3 Å². The van der Waals surface area contributed by atoms with E-state index in [0.29, 0.717) is 12.6 Å². The van der Waals surface area contributed by atoms with Crippen molar-refractivity contribution in [3.8, 4) is 6.07 Å². The predicted molar refractivity (Wildman–Crippen MR) is 61.7 cm³/mol. The Hall–Kier alpha value is -1.06. The molecule has 1 aromatic heterocycles. The minimum absolute atomic E-state index is 0.0488. The van der Waals surface area contributed by atoms with Crippen LogP contribution in [0, 0.1) is 11.3 Å². The second-order valence-electron chi connectivity index (χ2n) is 3.85. The van der Waals surface area contributed by atoms with Crippen molar-refractivity contribution < 1.29 is 0 Å². The molecule has 0 aromatic carbocycles. The lowest BCUT2D eigenvalue weighted by atomic mass is 10.4. The van der Waals surface area contributed by atoms with Crippen molar-refractivity contribution in [2.24, 2.45) is 5.73 Å². The minimum Gasteiger partial charge on any atom is -0.324 e. The standard InChI is InChI=1S/C10H15N5S/c1-2-8(5-11)16-10-14-13-9(6-12)15(10)7-3-4-7/h7-8H,2-4,6,12H2,1H3. The van der Waals surface area contributed by atoms with Crippen molar-refractivity contribution in [3.63, 3.8) is 0 Å². The number of hydrogen-bond acceptors (Lipinski definition) is 5. The van der Waals surface area contributed by atoms with Crippen LogP contribution in [-0.2, 0) is 6.54 Å². The Bertz CT molecular complexity index is 404. The van der Waals surface area contributed by atoms with Gasteiger partial charge in [0.05, 0.1) is 17.9 Å². The predicted octanol–water partition coefficient (Wildman–Crippen LogP) is 1.47. The van der Waals surface area contributed by atoms with E-state index in [4.69, 9.17) is 11.0 Å². The molecular weight excluding hydrogens is 222 g/mol. The van der Waals surface area contributed by atoms with Crippen LogP contribution in [0.3, 0.4) is 0 Å². The lowest BCUT2D eigenvalue weighted by Gasteiger charge is -2.09. The van der Waals surface area contributed by atoms with Crippen LogP contribution < -0.4 is 5.73 Å². The molecule has 1 aliphatic rings. The monoisotopic (exact) mass is 237 g/mol. The molecule has 1 aromatic rings. The molecule has 86 valence electrons. The quantitative estimate of drug-likeness (QED) is 0.784. The number of nitriles is 1. The van der Waals surface area contributed by atoms with Crippen LogP contribution in [0.25, 0.3) is 0 Å². The Labute approximate surface area is 99.0 Å². The molecule has 5 nitrogen and oxygen atoms in total. The smallest absolute Gasteiger partial charge is 0.192 e. The highest BCUT2D eigenvalue weighted by atomic mass is 32.2. The van der Waals surface area contributed by atoms with Crippen molar-refractivity contribution >= 4 is 11.8 Å². The van der Waals surface area contributed by atoms with Gasteiger partial charge in [0.1, 0.15) is 5.82 Å². The van der Waals surface area contributed by atoms with E-state index in [1.165, 1.54) is 24.6 Å². The lowest BCUT2D eigenvalue weighted by Crippen LogP contribution is -2.09. The third kappa shape index (κ3) is 2.20. The van der Waals surface area contributed by atoms with E-state index < -0.39 is 0 Å². The molecule has 1 fully saturated rings. The Morgan fingerprint density at radius 2 is 2.38 bits per heavy atom. The highest BCUT2D eigenvalue weighted by Gasteiger charge is 2.29. The fraction of sp³-hybridized carbons (Fsp3) is 0.700. The van der Waals surface area contributed by atoms with Crippen molar-refractivity contribution in [1.82, 2.24) is 14.8 Å². The van der Waals surface area contributed by atoms with Gasteiger partial charge in [-0.25, -0.2) is 0 Å². The van der Waals surface area contributed by atoms with Crippen molar-refractivity contribution in [2.75, 3.05) is 0 Å². The molecule has 0 amide bonds. The fourth-order valence-electron chi connectivity index (χ4n) is 1.55. The van der Waals surface area contributed by atoms with E-state index in [0.717, 1.165) is 17.4 Å². The van der Waals surface area contributed by atoms with Crippen LogP contribution in [0.15, 0.2) is 5.16 Å². The third-order valence-corrected chi connectivity index (χ3v) is 3.80. The SMILES string of the molecule is CCC(C#N)Sc1nnc(CN)n1C1CC1. The van der Waals surface area contributed by atoms with E-state index >= 15 is 0 Å². The van der Waals surface area contributed by atoms with Gasteiger partial charge in [-0.05, 0) is 19.3 Å². The average molecular weight is 237 g/mol. The van der Waals surface area contributed by atoms with Crippen LogP contribution in [-0.4, -0.2) is 20.0 Å². The number of rotatable bonds is 5. The van der Waals surface area contributed by atoms with E-state index in [9.17, 15) is 0 Å². The van der Waals surface area contributed by atoms with Gasteiger partial charge in [0.15, 0.2) is 5.16 Å². The van der Waals surface area contributed by atoms with E-state index in [2.05, 4.69) is 20.8 Å². The normalized spacial score (nSPS) is 17.1. The topological polar surface area (TPSA) is 80.5 Å². The maximum atomic E-state index is 8.94. The van der Waals surface area contributed by atoms with Gasteiger partial charge in [-0.2, -0.15) is 5.26 Å². The molecule has 2 N–H and O–H groups in total. The maximum absolute atomic E-state index is 8.94. The zero-order chi connectivity index (χ0) is 11.5. The average Bonchev–Trinajstić information content (AvgIpc) is 3.07. The molecule has 16 heavy (non-hydrogen) atoms. The molecule has 1 saturated carbocycles. The van der Waals surface area contributed by atoms with Gasteiger partial charge in [0.25, 0.3) is 0 Å². The minimum atomic E-state index is -0.0488. The zero-order valence-corrected chi connectivity index (χ0v) is 10.1. The second-order valence-corrected chi connectivity index (χ2v) is 5.02. The second kappa shape index (κ2) is 4.85. The third-order valence-electron chi connectivity index (χ3n) is 2.59. The van der Waals surface area contributed by atoms with Crippen LogP contribution in [0.2, 0.25) is 0 Å². The van der Waals surface area contributed by atoms with Crippen molar-refractivity contribution in [1.29, 1.82) is 5.26 Å². The number of nitrogens with zero attached hydrogens (tertiary/aromatic N) is 4. The summed E-state index contributed by atoms with van der Waals surface area (Å²) in [4.78, 5) is 0. The summed E-state index contributed by atoms with van der Waals surface area (Å²) in [7, 11) is 0.